The first-order valence-electron chi connectivity index (χ1n) is 16.8. The Bertz CT molecular complexity index is 2110. The number of fused-ring (bicyclic) bond motifs is 1. The molecule has 2 saturated heterocycles. The van der Waals surface area contributed by atoms with Gasteiger partial charge in [-0.25, -0.2) is 9.50 Å². The average Bonchev–Trinajstić information content (AvgIpc) is 3.89. The van der Waals surface area contributed by atoms with Crippen molar-refractivity contribution >= 4 is 34.6 Å². The van der Waals surface area contributed by atoms with Crippen LogP contribution in [0.3, 0.4) is 0 Å². The zero-order valence-electron chi connectivity index (χ0n) is 28.0. The topological polar surface area (TPSA) is 124 Å². The van der Waals surface area contributed by atoms with Gasteiger partial charge in [0, 0.05) is 85.3 Å². The number of ether oxygens (including phenoxy) is 2. The van der Waals surface area contributed by atoms with Crippen LogP contribution in [0.4, 0.5) is 0 Å². The van der Waals surface area contributed by atoms with E-state index in [0.717, 1.165) is 59.3 Å². The second-order valence-electron chi connectivity index (χ2n) is 12.7. The largest absolute Gasteiger partial charge is 0.481 e. The van der Waals surface area contributed by atoms with E-state index in [4.69, 9.17) is 42.8 Å². The number of hydrogen-bond acceptors (Lipinski definition) is 8. The number of nitrogens with one attached hydrogen (secondary N) is 3. The molecular formula is C37H39Cl2N7O4. The van der Waals surface area contributed by atoms with E-state index >= 15 is 0 Å². The van der Waals surface area contributed by atoms with Crippen LogP contribution in [-0.2, 0) is 29.7 Å². The summed E-state index contributed by atoms with van der Waals surface area (Å²) in [5.74, 6) is 1.22. The molecule has 0 unspecified atom stereocenters. The number of carbonyl (C=O) groups excluding carboxylic acids is 1. The van der Waals surface area contributed by atoms with Crippen LogP contribution in [0.25, 0.3) is 39.0 Å². The molecule has 2 aliphatic rings. The fraction of sp³-hybridized carbons (Fsp3) is 0.351. The molecule has 2 fully saturated rings. The van der Waals surface area contributed by atoms with Gasteiger partial charge in [-0.05, 0) is 31.4 Å². The number of rotatable bonds is 12. The smallest absolute Gasteiger partial charge is 0.277 e. The number of halogens is 2. The molecule has 3 N–H and O–H groups in total. The van der Waals surface area contributed by atoms with Gasteiger partial charge in [-0.15, -0.1) is 0 Å². The molecule has 0 spiro atoms. The van der Waals surface area contributed by atoms with Crippen molar-refractivity contribution in [3.8, 4) is 39.4 Å². The van der Waals surface area contributed by atoms with Crippen LogP contribution in [0, 0.1) is 0 Å². The van der Waals surface area contributed by atoms with Crippen molar-refractivity contribution in [2.75, 3.05) is 26.8 Å². The van der Waals surface area contributed by atoms with Crippen molar-refractivity contribution in [1.82, 2.24) is 35.1 Å². The lowest BCUT2D eigenvalue weighted by molar-refractivity contribution is -0.119. The van der Waals surface area contributed by atoms with E-state index in [1.165, 1.54) is 0 Å². The average molecular weight is 717 g/mol. The predicted octanol–water partition coefficient (Wildman–Crippen LogP) is 5.38. The van der Waals surface area contributed by atoms with Gasteiger partial charge in [-0.3, -0.25) is 14.2 Å². The van der Waals surface area contributed by atoms with Crippen molar-refractivity contribution in [1.29, 1.82) is 0 Å². The third kappa shape index (κ3) is 7.01. The maximum absolute atomic E-state index is 13.4. The Hall–Kier alpha value is -4.26. The number of nitrogens with zero attached hydrogens (tertiary/aromatic N) is 4. The minimum absolute atomic E-state index is 0.0960. The second kappa shape index (κ2) is 14.9. The molecule has 50 heavy (non-hydrogen) atoms. The molecule has 0 radical (unpaired) electrons. The van der Waals surface area contributed by atoms with Crippen LogP contribution >= 0.6 is 23.2 Å². The van der Waals surface area contributed by atoms with Gasteiger partial charge >= 0.3 is 0 Å². The van der Waals surface area contributed by atoms with Crippen molar-refractivity contribution in [2.24, 2.45) is 7.05 Å². The number of hydrogen-bond donors (Lipinski definition) is 3. The fourth-order valence-electron chi connectivity index (χ4n) is 6.67. The standard InChI is InChI=1S/C37H39Cl2N7O4/c1-45-32(20-41-19-25-6-5-15-50-25)44-46-21-23(16-31(46)37(45)48)26-7-3-8-27(34(26)38)28-9-4-10-29(35(28)39)30-13-11-22(36(43-30)49-2)17-40-18-24-12-14-33(47)42-24/h3-4,7-11,13,16,21,24-25,40-41H,5-6,12,14-15,17-20H2,1-2H3,(H,42,47)/t24-,25+/m1/s1. The second-order valence-corrected chi connectivity index (χ2v) is 13.5. The Morgan fingerprint density at radius 3 is 2.42 bits per heavy atom. The number of pyridine rings is 1. The van der Waals surface area contributed by atoms with Gasteiger partial charge in [0.25, 0.3) is 5.56 Å². The van der Waals surface area contributed by atoms with Crippen LogP contribution < -0.4 is 26.2 Å². The van der Waals surface area contributed by atoms with E-state index in [2.05, 4.69) is 16.0 Å². The summed E-state index contributed by atoms with van der Waals surface area (Å²) in [4.78, 5) is 29.7. The van der Waals surface area contributed by atoms with Gasteiger partial charge in [-0.1, -0.05) is 65.7 Å². The first kappa shape index (κ1) is 34.2. The summed E-state index contributed by atoms with van der Waals surface area (Å²) < 4.78 is 14.6. The lowest BCUT2D eigenvalue weighted by Gasteiger charge is -2.15. The summed E-state index contributed by atoms with van der Waals surface area (Å²) in [6.45, 7) is 3.18. The maximum atomic E-state index is 13.4. The quantitative estimate of drug-likeness (QED) is 0.157. The van der Waals surface area contributed by atoms with Crippen LogP contribution in [0.1, 0.15) is 37.1 Å². The highest BCUT2D eigenvalue weighted by Gasteiger charge is 2.22. The summed E-state index contributed by atoms with van der Waals surface area (Å²) in [6, 6.07) is 17.4. The minimum atomic E-state index is -0.143. The number of methoxy groups -OCH3 is 1. The highest BCUT2D eigenvalue weighted by atomic mass is 35.5. The molecule has 7 rings (SSSR count). The molecule has 5 heterocycles. The van der Waals surface area contributed by atoms with Crippen LogP contribution in [-0.4, -0.2) is 64.0 Å². The monoisotopic (exact) mass is 715 g/mol. The van der Waals surface area contributed by atoms with Gasteiger partial charge in [0.2, 0.25) is 11.8 Å². The molecule has 1 amide bonds. The minimum Gasteiger partial charge on any atom is -0.481 e. The van der Waals surface area contributed by atoms with E-state index in [-0.39, 0.29) is 23.6 Å². The number of benzene rings is 2. The lowest BCUT2D eigenvalue weighted by atomic mass is 9.97. The van der Waals surface area contributed by atoms with Crippen LogP contribution in [0.5, 0.6) is 5.88 Å². The van der Waals surface area contributed by atoms with E-state index in [1.54, 1.807) is 23.2 Å². The molecule has 2 atom stereocenters. The maximum Gasteiger partial charge on any atom is 0.277 e. The Morgan fingerprint density at radius 2 is 1.70 bits per heavy atom. The Balaban J connectivity index is 1.13. The van der Waals surface area contributed by atoms with Crippen molar-refractivity contribution in [3.63, 3.8) is 0 Å². The summed E-state index contributed by atoms with van der Waals surface area (Å²) in [6.07, 6.45) is 5.54. The number of amides is 1. The van der Waals surface area contributed by atoms with Gasteiger partial charge < -0.3 is 25.4 Å². The lowest BCUT2D eigenvalue weighted by Crippen LogP contribution is -2.35. The summed E-state index contributed by atoms with van der Waals surface area (Å²) >= 11 is 14.2. The van der Waals surface area contributed by atoms with Gasteiger partial charge in [-0.2, -0.15) is 5.10 Å². The molecule has 5 aromatic rings. The van der Waals surface area contributed by atoms with E-state index in [1.807, 2.05) is 60.8 Å². The van der Waals surface area contributed by atoms with Crippen molar-refractivity contribution < 1.29 is 14.3 Å². The molecular weight excluding hydrogens is 677 g/mol. The summed E-state index contributed by atoms with van der Waals surface area (Å²) in [5.41, 5.74) is 5.63. The molecule has 260 valence electrons. The Labute approximate surface area is 299 Å². The summed E-state index contributed by atoms with van der Waals surface area (Å²) in [5, 5.41) is 15.5. The molecule has 0 aliphatic carbocycles. The molecule has 2 aromatic carbocycles. The zero-order valence-corrected chi connectivity index (χ0v) is 29.5. The number of aromatic nitrogens is 4. The van der Waals surface area contributed by atoms with Gasteiger partial charge in [0.15, 0.2) is 0 Å². The molecule has 3 aromatic heterocycles. The highest BCUT2D eigenvalue weighted by Crippen LogP contribution is 2.42. The van der Waals surface area contributed by atoms with Gasteiger partial charge in [0.05, 0.1) is 35.5 Å². The fourth-order valence-corrected chi connectivity index (χ4v) is 7.33. The third-order valence-corrected chi connectivity index (χ3v) is 10.2. The van der Waals surface area contributed by atoms with E-state index in [9.17, 15) is 9.59 Å². The molecule has 2 aliphatic heterocycles. The van der Waals surface area contributed by atoms with E-state index < -0.39 is 0 Å². The third-order valence-electron chi connectivity index (χ3n) is 9.41. The van der Waals surface area contributed by atoms with Crippen molar-refractivity contribution in [3.05, 3.63) is 92.6 Å². The Kier molecular flexibility index (Phi) is 10.2. The Morgan fingerprint density at radius 1 is 0.960 bits per heavy atom. The zero-order chi connectivity index (χ0) is 34.8. The normalized spacial score (nSPS) is 17.5. The first-order valence-corrected chi connectivity index (χ1v) is 17.6. The predicted molar refractivity (Wildman–Crippen MR) is 195 cm³/mol. The highest BCUT2D eigenvalue weighted by molar-refractivity contribution is 6.39. The summed E-state index contributed by atoms with van der Waals surface area (Å²) in [7, 11) is 3.33. The van der Waals surface area contributed by atoms with Crippen molar-refractivity contribution in [2.45, 2.75) is 50.9 Å². The molecule has 11 nitrogen and oxygen atoms in total. The molecule has 0 saturated carbocycles. The molecule has 0 bridgehead atoms. The molecule has 13 heteroatoms. The number of carbonyl (C=O) groups is 1. The van der Waals surface area contributed by atoms with E-state index in [0.29, 0.717) is 65.6 Å². The van der Waals surface area contributed by atoms with Crippen LogP contribution in [0.15, 0.2) is 65.6 Å². The van der Waals surface area contributed by atoms with Gasteiger partial charge in [0.1, 0.15) is 11.3 Å². The SMILES string of the molecule is COc1nc(-c2cccc(-c3cccc(-c4cc5c(=O)n(C)c(CNC[C@@H]6CCCO6)nn5c4)c3Cl)c2Cl)ccc1CNC[C@H]1CCC(=O)N1. The first-order chi connectivity index (χ1) is 24.3. The van der Waals surface area contributed by atoms with Crippen LogP contribution in [0.2, 0.25) is 10.0 Å².